The Bertz CT molecular complexity index is 735. The lowest BCUT2D eigenvalue weighted by Gasteiger charge is -2.07. The maximum absolute atomic E-state index is 5.94. The molecular weight excluding hydrogens is 264 g/mol. The molecule has 0 radical (unpaired) electrons. The minimum Gasteiger partial charge on any atom is -0.487 e. The zero-order chi connectivity index (χ0) is 14.7. The summed E-state index contributed by atoms with van der Waals surface area (Å²) in [6.45, 7) is 1.03. The zero-order valence-electron chi connectivity index (χ0n) is 12.2. The first kappa shape index (κ1) is 13.6. The van der Waals surface area contributed by atoms with Crippen LogP contribution in [0.25, 0.3) is 11.0 Å². The van der Waals surface area contributed by atoms with Gasteiger partial charge in [0.25, 0.3) is 0 Å². The molecule has 0 aliphatic rings. The predicted molar refractivity (Wildman–Crippen MR) is 82.2 cm³/mol. The van der Waals surface area contributed by atoms with Crippen molar-refractivity contribution in [3.63, 3.8) is 0 Å². The van der Waals surface area contributed by atoms with Gasteiger partial charge in [0, 0.05) is 14.2 Å². The Morgan fingerprint density at radius 3 is 2.57 bits per heavy atom. The fourth-order valence-corrected chi connectivity index (χ4v) is 2.35. The molecule has 2 aromatic carbocycles. The molecule has 1 aromatic heterocycles. The molecule has 0 N–H and O–H groups in total. The molecule has 0 bridgehead atoms. The van der Waals surface area contributed by atoms with Crippen molar-refractivity contribution >= 4 is 11.0 Å². The topological polar surface area (TPSA) is 36.3 Å². The molecule has 21 heavy (non-hydrogen) atoms. The van der Waals surface area contributed by atoms with E-state index in [0.29, 0.717) is 13.2 Å². The molecule has 0 aliphatic carbocycles. The van der Waals surface area contributed by atoms with E-state index < -0.39 is 0 Å². The van der Waals surface area contributed by atoms with E-state index in [9.17, 15) is 0 Å². The minimum atomic E-state index is 0.489. The highest BCUT2D eigenvalue weighted by Crippen LogP contribution is 2.26. The van der Waals surface area contributed by atoms with Gasteiger partial charge in [-0.3, -0.25) is 0 Å². The van der Waals surface area contributed by atoms with E-state index in [2.05, 4.69) is 17.1 Å². The SMILES string of the molecule is COCc1nc2c(OCc3ccccc3)cccc2n1C. The molecule has 0 unspecified atom stereocenters. The number of aromatic nitrogens is 2. The number of aryl methyl sites for hydroxylation is 1. The summed E-state index contributed by atoms with van der Waals surface area (Å²) in [6, 6.07) is 16.1. The summed E-state index contributed by atoms with van der Waals surface area (Å²) in [5, 5.41) is 0. The van der Waals surface area contributed by atoms with Crippen molar-refractivity contribution in [1.29, 1.82) is 0 Å². The van der Waals surface area contributed by atoms with E-state index in [-0.39, 0.29) is 0 Å². The average molecular weight is 282 g/mol. The molecule has 108 valence electrons. The number of fused-ring (bicyclic) bond motifs is 1. The maximum atomic E-state index is 5.94. The number of hydrogen-bond donors (Lipinski definition) is 0. The fraction of sp³-hybridized carbons (Fsp3) is 0.235. The Hall–Kier alpha value is -2.33. The second kappa shape index (κ2) is 5.97. The average Bonchev–Trinajstić information content (AvgIpc) is 2.84. The van der Waals surface area contributed by atoms with E-state index in [4.69, 9.17) is 9.47 Å². The Kier molecular flexibility index (Phi) is 3.88. The smallest absolute Gasteiger partial charge is 0.147 e. The molecule has 0 aliphatic heterocycles. The van der Waals surface area contributed by atoms with Crippen molar-refractivity contribution in [1.82, 2.24) is 9.55 Å². The van der Waals surface area contributed by atoms with Crippen LogP contribution in [-0.2, 0) is 25.0 Å². The molecule has 0 atom stereocenters. The second-order valence-corrected chi connectivity index (χ2v) is 4.92. The Morgan fingerprint density at radius 2 is 1.81 bits per heavy atom. The monoisotopic (exact) mass is 282 g/mol. The van der Waals surface area contributed by atoms with Crippen LogP contribution in [0.4, 0.5) is 0 Å². The van der Waals surface area contributed by atoms with E-state index in [1.54, 1.807) is 7.11 Å². The highest BCUT2D eigenvalue weighted by atomic mass is 16.5. The minimum absolute atomic E-state index is 0.489. The molecule has 4 nitrogen and oxygen atoms in total. The number of hydrogen-bond acceptors (Lipinski definition) is 3. The highest BCUT2D eigenvalue weighted by molar-refractivity contribution is 5.82. The number of ether oxygens (including phenoxy) is 2. The summed E-state index contributed by atoms with van der Waals surface area (Å²) >= 11 is 0. The normalized spacial score (nSPS) is 11.0. The van der Waals surface area contributed by atoms with Crippen LogP contribution in [0.15, 0.2) is 48.5 Å². The third-order valence-corrected chi connectivity index (χ3v) is 3.48. The number of nitrogens with zero attached hydrogens (tertiary/aromatic N) is 2. The van der Waals surface area contributed by atoms with Gasteiger partial charge < -0.3 is 14.0 Å². The predicted octanol–water partition coefficient (Wildman–Crippen LogP) is 3.30. The van der Waals surface area contributed by atoms with Crippen LogP contribution < -0.4 is 4.74 Å². The van der Waals surface area contributed by atoms with Gasteiger partial charge in [0.1, 0.15) is 30.3 Å². The standard InChI is InChI=1S/C17H18N2O2/c1-19-14-9-6-10-15(17(14)18-16(19)12-20-2)21-11-13-7-4-3-5-8-13/h3-10H,11-12H2,1-2H3. The molecule has 0 fully saturated rings. The van der Waals surface area contributed by atoms with Crippen LogP contribution in [0.5, 0.6) is 5.75 Å². The molecule has 4 heteroatoms. The Labute approximate surface area is 123 Å². The number of methoxy groups -OCH3 is 1. The van der Waals surface area contributed by atoms with Gasteiger partial charge in [-0.05, 0) is 17.7 Å². The van der Waals surface area contributed by atoms with Gasteiger partial charge in [-0.2, -0.15) is 0 Å². The molecule has 0 saturated heterocycles. The summed E-state index contributed by atoms with van der Waals surface area (Å²) in [5.41, 5.74) is 3.07. The van der Waals surface area contributed by atoms with Crippen molar-refractivity contribution in [3.05, 3.63) is 59.9 Å². The molecule has 3 aromatic rings. The number of para-hydroxylation sites is 1. The molecular formula is C17H18N2O2. The lowest BCUT2D eigenvalue weighted by Crippen LogP contribution is -1.98. The summed E-state index contributed by atoms with van der Waals surface area (Å²) in [6.07, 6.45) is 0. The number of benzene rings is 2. The van der Waals surface area contributed by atoms with Gasteiger partial charge in [-0.1, -0.05) is 36.4 Å². The quantitative estimate of drug-likeness (QED) is 0.720. The van der Waals surface area contributed by atoms with Crippen LogP contribution >= 0.6 is 0 Å². The van der Waals surface area contributed by atoms with Crippen LogP contribution in [-0.4, -0.2) is 16.7 Å². The lowest BCUT2D eigenvalue weighted by atomic mass is 10.2. The van der Waals surface area contributed by atoms with Crippen LogP contribution in [0, 0.1) is 0 Å². The second-order valence-electron chi connectivity index (χ2n) is 4.92. The van der Waals surface area contributed by atoms with E-state index >= 15 is 0 Å². The van der Waals surface area contributed by atoms with Crippen molar-refractivity contribution in [2.45, 2.75) is 13.2 Å². The van der Waals surface area contributed by atoms with Gasteiger partial charge in [0.2, 0.25) is 0 Å². The lowest BCUT2D eigenvalue weighted by molar-refractivity contribution is 0.175. The van der Waals surface area contributed by atoms with Gasteiger partial charge in [0.15, 0.2) is 0 Å². The van der Waals surface area contributed by atoms with E-state index in [1.807, 2.05) is 48.0 Å². The molecule has 1 heterocycles. The summed E-state index contributed by atoms with van der Waals surface area (Å²) in [7, 11) is 3.66. The van der Waals surface area contributed by atoms with Crippen molar-refractivity contribution < 1.29 is 9.47 Å². The van der Waals surface area contributed by atoms with Gasteiger partial charge in [-0.15, -0.1) is 0 Å². The highest BCUT2D eigenvalue weighted by Gasteiger charge is 2.11. The van der Waals surface area contributed by atoms with Gasteiger partial charge in [-0.25, -0.2) is 4.98 Å². The van der Waals surface area contributed by atoms with Crippen LogP contribution in [0.3, 0.4) is 0 Å². The maximum Gasteiger partial charge on any atom is 0.147 e. The van der Waals surface area contributed by atoms with Crippen molar-refractivity contribution in [2.75, 3.05) is 7.11 Å². The molecule has 3 rings (SSSR count). The van der Waals surface area contributed by atoms with Crippen molar-refractivity contribution in [2.24, 2.45) is 7.05 Å². The Balaban J connectivity index is 1.90. The van der Waals surface area contributed by atoms with Gasteiger partial charge in [0.05, 0.1) is 5.52 Å². The van der Waals surface area contributed by atoms with E-state index in [0.717, 1.165) is 28.2 Å². The van der Waals surface area contributed by atoms with Gasteiger partial charge >= 0.3 is 0 Å². The first-order valence-electron chi connectivity index (χ1n) is 6.89. The zero-order valence-corrected chi connectivity index (χ0v) is 12.2. The summed E-state index contributed by atoms with van der Waals surface area (Å²) in [4.78, 5) is 4.63. The first-order valence-corrected chi connectivity index (χ1v) is 6.89. The van der Waals surface area contributed by atoms with E-state index in [1.165, 1.54) is 0 Å². The molecule has 0 saturated carbocycles. The van der Waals surface area contributed by atoms with Crippen LogP contribution in [0.1, 0.15) is 11.4 Å². The fourth-order valence-electron chi connectivity index (χ4n) is 2.35. The van der Waals surface area contributed by atoms with Crippen molar-refractivity contribution in [3.8, 4) is 5.75 Å². The number of imidazole rings is 1. The third-order valence-electron chi connectivity index (χ3n) is 3.48. The number of rotatable bonds is 5. The first-order chi connectivity index (χ1) is 10.3. The van der Waals surface area contributed by atoms with Crippen LogP contribution in [0.2, 0.25) is 0 Å². The Morgan fingerprint density at radius 1 is 1.00 bits per heavy atom. The summed E-state index contributed by atoms with van der Waals surface area (Å²) < 4.78 is 13.2. The molecule has 0 spiro atoms. The molecule has 0 amide bonds. The summed E-state index contributed by atoms with van der Waals surface area (Å²) in [5.74, 6) is 1.69. The largest absolute Gasteiger partial charge is 0.487 e. The third kappa shape index (κ3) is 2.76.